The van der Waals surface area contributed by atoms with Gasteiger partial charge >= 0.3 is 0 Å². The predicted octanol–water partition coefficient (Wildman–Crippen LogP) is 2.15. The molecule has 2 heterocycles. The molecule has 96 valence electrons. The summed E-state index contributed by atoms with van der Waals surface area (Å²) >= 11 is 0. The molecule has 0 atom stereocenters. The van der Waals surface area contributed by atoms with Gasteiger partial charge in [-0.1, -0.05) is 16.8 Å². The van der Waals surface area contributed by atoms with Gasteiger partial charge in [0.05, 0.1) is 5.56 Å². The van der Waals surface area contributed by atoms with Crippen molar-refractivity contribution in [3.8, 4) is 28.7 Å². The van der Waals surface area contributed by atoms with Crippen molar-refractivity contribution in [2.45, 2.75) is 6.92 Å². The summed E-state index contributed by atoms with van der Waals surface area (Å²) in [5.74, 6) is 0.792. The molecule has 0 unspecified atom stereocenters. The first-order valence-corrected chi connectivity index (χ1v) is 5.77. The van der Waals surface area contributed by atoms with Crippen LogP contribution in [-0.4, -0.2) is 25.0 Å². The molecule has 0 bridgehead atoms. The molecule has 3 rings (SSSR count). The van der Waals surface area contributed by atoms with Crippen molar-refractivity contribution in [2.24, 2.45) is 7.05 Å². The van der Waals surface area contributed by atoms with Crippen molar-refractivity contribution in [2.75, 3.05) is 0 Å². The number of nitrogens with zero attached hydrogens (tertiary/aromatic N) is 4. The summed E-state index contributed by atoms with van der Waals surface area (Å²) in [6.07, 6.45) is 1.80. The Balaban J connectivity index is 2.03. The minimum atomic E-state index is 0.113. The van der Waals surface area contributed by atoms with Crippen LogP contribution in [0.25, 0.3) is 23.0 Å². The molecule has 2 aromatic heterocycles. The summed E-state index contributed by atoms with van der Waals surface area (Å²) in [6.45, 7) is 1.93. The summed E-state index contributed by atoms with van der Waals surface area (Å²) in [5, 5.41) is 17.9. The maximum atomic E-state index is 9.82. The fraction of sp³-hybridized carbons (Fsp3) is 0.154. The maximum Gasteiger partial charge on any atom is 0.262 e. The van der Waals surface area contributed by atoms with E-state index in [-0.39, 0.29) is 11.6 Å². The van der Waals surface area contributed by atoms with E-state index in [9.17, 15) is 5.11 Å². The van der Waals surface area contributed by atoms with Crippen molar-refractivity contribution < 1.29 is 9.63 Å². The fourth-order valence-electron chi connectivity index (χ4n) is 1.79. The number of hydrogen-bond donors (Lipinski definition) is 1. The lowest BCUT2D eigenvalue weighted by Crippen LogP contribution is -1.89. The highest BCUT2D eigenvalue weighted by atomic mass is 16.5. The summed E-state index contributed by atoms with van der Waals surface area (Å²) in [6, 6.07) is 7.01. The summed E-state index contributed by atoms with van der Waals surface area (Å²) in [5.41, 5.74) is 2.16. The van der Waals surface area contributed by atoms with Crippen LogP contribution in [0.5, 0.6) is 5.75 Å². The van der Waals surface area contributed by atoms with E-state index in [1.165, 1.54) is 0 Å². The minimum Gasteiger partial charge on any atom is -0.507 e. The van der Waals surface area contributed by atoms with Crippen LogP contribution >= 0.6 is 0 Å². The Labute approximate surface area is 109 Å². The first-order chi connectivity index (χ1) is 9.13. The standard InChI is InChI=1S/C13H12N4O2/c1-8-3-4-11(18)9(7-8)13-14-12(16-19-13)10-5-6-17(2)15-10/h3-7,18H,1-2H3. The molecule has 0 aliphatic carbocycles. The molecule has 0 saturated carbocycles. The summed E-state index contributed by atoms with van der Waals surface area (Å²) < 4.78 is 6.84. The third kappa shape index (κ3) is 2.08. The van der Waals surface area contributed by atoms with Gasteiger partial charge in [0.15, 0.2) is 0 Å². The van der Waals surface area contributed by atoms with Gasteiger partial charge in [-0.25, -0.2) is 0 Å². The molecule has 0 fully saturated rings. The van der Waals surface area contributed by atoms with Crippen LogP contribution in [0.4, 0.5) is 0 Å². The predicted molar refractivity (Wildman–Crippen MR) is 68.3 cm³/mol. The molecule has 0 amide bonds. The second kappa shape index (κ2) is 4.24. The van der Waals surface area contributed by atoms with E-state index in [2.05, 4.69) is 15.2 Å². The summed E-state index contributed by atoms with van der Waals surface area (Å²) in [7, 11) is 1.82. The van der Waals surface area contributed by atoms with Gasteiger partial charge in [0.1, 0.15) is 11.4 Å². The van der Waals surface area contributed by atoms with Crippen molar-refractivity contribution in [3.05, 3.63) is 36.0 Å². The van der Waals surface area contributed by atoms with Crippen molar-refractivity contribution >= 4 is 0 Å². The quantitative estimate of drug-likeness (QED) is 0.760. The number of aromatic nitrogens is 4. The molecule has 6 heteroatoms. The molecular formula is C13H12N4O2. The minimum absolute atomic E-state index is 0.113. The van der Waals surface area contributed by atoms with Crippen LogP contribution < -0.4 is 0 Å². The van der Waals surface area contributed by atoms with E-state index in [4.69, 9.17) is 4.52 Å². The Morgan fingerprint density at radius 2 is 2.11 bits per heavy atom. The molecule has 0 radical (unpaired) electrons. The molecule has 0 aliphatic heterocycles. The van der Waals surface area contributed by atoms with E-state index in [0.717, 1.165) is 5.56 Å². The van der Waals surface area contributed by atoms with E-state index in [0.29, 0.717) is 17.1 Å². The van der Waals surface area contributed by atoms with Gasteiger partial charge in [-0.2, -0.15) is 10.1 Å². The lowest BCUT2D eigenvalue weighted by molar-refractivity contribution is 0.425. The average Bonchev–Trinajstić information content (AvgIpc) is 3.00. The van der Waals surface area contributed by atoms with Gasteiger partial charge in [0.25, 0.3) is 5.89 Å². The highest BCUT2D eigenvalue weighted by Crippen LogP contribution is 2.29. The smallest absolute Gasteiger partial charge is 0.262 e. The molecule has 0 saturated heterocycles. The number of rotatable bonds is 2. The van der Waals surface area contributed by atoms with Crippen LogP contribution in [0.1, 0.15) is 5.56 Å². The monoisotopic (exact) mass is 256 g/mol. The number of aromatic hydroxyl groups is 1. The molecule has 0 spiro atoms. The third-order valence-corrected chi connectivity index (χ3v) is 2.75. The summed E-state index contributed by atoms with van der Waals surface area (Å²) in [4.78, 5) is 4.25. The Kier molecular flexibility index (Phi) is 2.56. The Hall–Kier alpha value is -2.63. The van der Waals surface area contributed by atoms with Gasteiger partial charge in [0.2, 0.25) is 5.82 Å². The van der Waals surface area contributed by atoms with E-state index in [1.807, 2.05) is 20.0 Å². The molecule has 19 heavy (non-hydrogen) atoms. The second-order valence-corrected chi connectivity index (χ2v) is 4.32. The molecule has 3 aromatic rings. The number of benzene rings is 1. The average molecular weight is 256 g/mol. The zero-order chi connectivity index (χ0) is 13.4. The van der Waals surface area contributed by atoms with Crippen molar-refractivity contribution in [3.63, 3.8) is 0 Å². The zero-order valence-corrected chi connectivity index (χ0v) is 10.5. The van der Waals surface area contributed by atoms with Gasteiger partial charge in [-0.15, -0.1) is 0 Å². The van der Waals surface area contributed by atoms with E-state index >= 15 is 0 Å². The van der Waals surface area contributed by atoms with E-state index in [1.54, 1.807) is 29.1 Å². The Bertz CT molecular complexity index is 730. The topological polar surface area (TPSA) is 77.0 Å². The van der Waals surface area contributed by atoms with Crippen LogP contribution in [0.2, 0.25) is 0 Å². The Morgan fingerprint density at radius 1 is 1.26 bits per heavy atom. The van der Waals surface area contributed by atoms with E-state index < -0.39 is 0 Å². The number of hydrogen-bond acceptors (Lipinski definition) is 5. The Morgan fingerprint density at radius 3 is 2.84 bits per heavy atom. The molecule has 6 nitrogen and oxygen atoms in total. The maximum absolute atomic E-state index is 9.82. The number of phenols is 1. The third-order valence-electron chi connectivity index (χ3n) is 2.75. The lowest BCUT2D eigenvalue weighted by atomic mass is 10.1. The van der Waals surface area contributed by atoms with Gasteiger partial charge in [-0.3, -0.25) is 4.68 Å². The molecule has 1 N–H and O–H groups in total. The SMILES string of the molecule is Cc1ccc(O)c(-c2nc(-c3ccn(C)n3)no2)c1. The van der Waals surface area contributed by atoms with Crippen LogP contribution in [0.3, 0.4) is 0 Å². The van der Waals surface area contributed by atoms with Crippen molar-refractivity contribution in [1.29, 1.82) is 0 Å². The number of phenolic OH excluding ortho intramolecular Hbond substituents is 1. The first kappa shape index (κ1) is 11.5. The molecule has 0 aliphatic rings. The normalized spacial score (nSPS) is 10.8. The van der Waals surface area contributed by atoms with Gasteiger partial charge in [0, 0.05) is 13.2 Å². The highest BCUT2D eigenvalue weighted by Gasteiger charge is 2.15. The van der Waals surface area contributed by atoms with Crippen LogP contribution in [-0.2, 0) is 7.05 Å². The zero-order valence-electron chi connectivity index (χ0n) is 10.5. The van der Waals surface area contributed by atoms with Gasteiger partial charge in [-0.05, 0) is 25.1 Å². The molecular weight excluding hydrogens is 244 g/mol. The van der Waals surface area contributed by atoms with Crippen LogP contribution in [0, 0.1) is 6.92 Å². The largest absolute Gasteiger partial charge is 0.507 e. The van der Waals surface area contributed by atoms with Gasteiger partial charge < -0.3 is 9.63 Å². The second-order valence-electron chi connectivity index (χ2n) is 4.32. The van der Waals surface area contributed by atoms with Crippen molar-refractivity contribution in [1.82, 2.24) is 19.9 Å². The first-order valence-electron chi connectivity index (χ1n) is 5.77. The fourth-order valence-corrected chi connectivity index (χ4v) is 1.79. The number of aryl methyl sites for hydroxylation is 2. The molecule has 1 aromatic carbocycles. The van der Waals surface area contributed by atoms with Crippen LogP contribution in [0.15, 0.2) is 35.0 Å². The highest BCUT2D eigenvalue weighted by molar-refractivity contribution is 5.64. The lowest BCUT2D eigenvalue weighted by Gasteiger charge is -1.99.